The Morgan fingerprint density at radius 3 is 1.85 bits per heavy atom. The Morgan fingerprint density at radius 1 is 0.735 bits per heavy atom. The molecule has 0 aliphatic carbocycles. The topological polar surface area (TPSA) is 107 Å². The van der Waals surface area contributed by atoms with Crippen molar-refractivity contribution in [3.8, 4) is 5.75 Å². The first-order chi connectivity index (χ1) is 16.6. The molecular formula is C27H22N4O3. The summed E-state index contributed by atoms with van der Waals surface area (Å²) in [6.07, 6.45) is 1.28. The van der Waals surface area contributed by atoms with E-state index in [4.69, 9.17) is 0 Å². The van der Waals surface area contributed by atoms with Gasteiger partial charge in [-0.1, -0.05) is 78.9 Å². The van der Waals surface area contributed by atoms with Gasteiger partial charge in [0.15, 0.2) is 5.60 Å². The minimum Gasteiger partial charge on any atom is -0.507 e. The second-order valence-corrected chi connectivity index (χ2v) is 7.42. The fourth-order valence-electron chi connectivity index (χ4n) is 3.35. The summed E-state index contributed by atoms with van der Waals surface area (Å²) in [6.45, 7) is 0. The van der Waals surface area contributed by atoms with E-state index in [2.05, 4.69) is 20.8 Å². The van der Waals surface area contributed by atoms with Crippen LogP contribution >= 0.6 is 0 Å². The normalized spacial score (nSPS) is 11.7. The molecule has 0 spiro atoms. The number of hydrogen-bond acceptors (Lipinski definition) is 6. The van der Waals surface area contributed by atoms with Gasteiger partial charge in [-0.2, -0.15) is 15.3 Å². The predicted octanol–water partition coefficient (Wildman–Crippen LogP) is 5.19. The summed E-state index contributed by atoms with van der Waals surface area (Å²) in [5, 5.41) is 33.9. The quantitative estimate of drug-likeness (QED) is 0.205. The van der Waals surface area contributed by atoms with Gasteiger partial charge >= 0.3 is 0 Å². The second-order valence-electron chi connectivity index (χ2n) is 7.42. The summed E-state index contributed by atoms with van der Waals surface area (Å²) in [5.41, 5.74) is 2.76. The van der Waals surface area contributed by atoms with Crippen molar-refractivity contribution in [2.24, 2.45) is 15.3 Å². The van der Waals surface area contributed by atoms with Crippen molar-refractivity contribution in [1.82, 2.24) is 5.43 Å². The van der Waals surface area contributed by atoms with Crippen LogP contribution in [0, 0.1) is 0 Å². The third-order valence-electron chi connectivity index (χ3n) is 5.13. The second kappa shape index (κ2) is 10.3. The zero-order chi connectivity index (χ0) is 23.8. The number of amides is 1. The molecule has 7 nitrogen and oxygen atoms in total. The number of carbonyl (C=O) groups is 1. The summed E-state index contributed by atoms with van der Waals surface area (Å²) in [4.78, 5) is 13.1. The number of hydrazone groups is 1. The van der Waals surface area contributed by atoms with Crippen LogP contribution in [0.5, 0.6) is 5.75 Å². The minimum atomic E-state index is -1.95. The fraction of sp³-hybridized carbons (Fsp3) is 0.0370. The molecule has 0 bridgehead atoms. The molecule has 0 atom stereocenters. The lowest BCUT2D eigenvalue weighted by Gasteiger charge is -2.27. The Bertz CT molecular complexity index is 1270. The maximum Gasteiger partial charge on any atom is 0.281 e. The van der Waals surface area contributed by atoms with Gasteiger partial charge in [-0.15, -0.1) is 0 Å². The largest absolute Gasteiger partial charge is 0.507 e. The van der Waals surface area contributed by atoms with Crippen molar-refractivity contribution in [1.29, 1.82) is 0 Å². The van der Waals surface area contributed by atoms with Gasteiger partial charge in [0.25, 0.3) is 5.91 Å². The number of phenols is 1. The van der Waals surface area contributed by atoms with Crippen LogP contribution in [0.1, 0.15) is 16.7 Å². The van der Waals surface area contributed by atoms with Gasteiger partial charge in [-0.25, -0.2) is 5.43 Å². The summed E-state index contributed by atoms with van der Waals surface area (Å²) in [7, 11) is 0. The highest BCUT2D eigenvalue weighted by Gasteiger charge is 2.39. The lowest BCUT2D eigenvalue weighted by molar-refractivity contribution is -0.136. The van der Waals surface area contributed by atoms with Gasteiger partial charge in [0.05, 0.1) is 17.6 Å². The standard InChI is InChI=1S/C27H22N4O3/c32-25-17-16-24(30-29-23-14-8-3-9-15-23)18-20(25)19-28-31-26(33)27(34,21-10-4-1-5-11-21)22-12-6-2-7-13-22/h1-19,32,34H,(H,31,33)/b28-19+,30-29?. The maximum absolute atomic E-state index is 13.1. The van der Waals surface area contributed by atoms with Gasteiger partial charge in [0.1, 0.15) is 5.75 Å². The van der Waals surface area contributed by atoms with Gasteiger partial charge in [0.2, 0.25) is 0 Å². The predicted molar refractivity (Wildman–Crippen MR) is 130 cm³/mol. The number of phenolic OH excluding ortho intramolecular Hbond substituents is 1. The number of rotatable bonds is 7. The number of azo groups is 1. The molecule has 0 saturated carbocycles. The highest BCUT2D eigenvalue weighted by molar-refractivity contribution is 5.91. The number of nitrogens with zero attached hydrogens (tertiary/aromatic N) is 3. The van der Waals surface area contributed by atoms with Crippen molar-refractivity contribution in [3.63, 3.8) is 0 Å². The monoisotopic (exact) mass is 450 g/mol. The van der Waals surface area contributed by atoms with E-state index in [1.165, 1.54) is 12.3 Å². The van der Waals surface area contributed by atoms with E-state index < -0.39 is 11.5 Å². The number of aromatic hydroxyl groups is 1. The van der Waals surface area contributed by atoms with Crippen molar-refractivity contribution >= 4 is 23.5 Å². The van der Waals surface area contributed by atoms with E-state index in [0.717, 1.165) is 0 Å². The molecule has 0 unspecified atom stereocenters. The lowest BCUT2D eigenvalue weighted by atomic mass is 9.85. The Balaban J connectivity index is 1.55. The number of benzene rings is 4. The first-order valence-electron chi connectivity index (χ1n) is 10.5. The molecule has 3 N–H and O–H groups in total. The van der Waals surface area contributed by atoms with Crippen LogP contribution in [-0.4, -0.2) is 22.3 Å². The van der Waals surface area contributed by atoms with Gasteiger partial charge < -0.3 is 10.2 Å². The van der Waals surface area contributed by atoms with Crippen molar-refractivity contribution in [2.45, 2.75) is 5.60 Å². The highest BCUT2D eigenvalue weighted by atomic mass is 16.3. The first-order valence-corrected chi connectivity index (χ1v) is 10.5. The third-order valence-corrected chi connectivity index (χ3v) is 5.13. The molecule has 168 valence electrons. The Hall–Kier alpha value is -4.62. The van der Waals surface area contributed by atoms with E-state index in [-0.39, 0.29) is 5.75 Å². The Labute approximate surface area is 196 Å². The molecule has 4 rings (SSSR count). The molecule has 0 radical (unpaired) electrons. The van der Waals surface area contributed by atoms with E-state index in [9.17, 15) is 15.0 Å². The molecular weight excluding hydrogens is 428 g/mol. The van der Waals surface area contributed by atoms with Crippen LogP contribution in [0.3, 0.4) is 0 Å². The molecule has 0 heterocycles. The summed E-state index contributed by atoms with van der Waals surface area (Å²) < 4.78 is 0. The zero-order valence-electron chi connectivity index (χ0n) is 18.1. The number of carbonyl (C=O) groups excluding carboxylic acids is 1. The molecule has 1 amide bonds. The summed E-state index contributed by atoms with van der Waals surface area (Å²) >= 11 is 0. The first kappa shape index (κ1) is 22.6. The van der Waals surface area contributed by atoms with Crippen molar-refractivity contribution in [2.75, 3.05) is 0 Å². The zero-order valence-corrected chi connectivity index (χ0v) is 18.1. The SMILES string of the molecule is O=C(N/N=C/c1cc(N=Nc2ccccc2)ccc1O)C(O)(c1ccccc1)c1ccccc1. The lowest BCUT2D eigenvalue weighted by Crippen LogP contribution is -2.43. The Morgan fingerprint density at radius 2 is 1.26 bits per heavy atom. The Kier molecular flexibility index (Phi) is 6.86. The van der Waals surface area contributed by atoms with Crippen LogP contribution in [0.4, 0.5) is 11.4 Å². The molecule has 0 aliphatic heterocycles. The molecule has 4 aromatic carbocycles. The molecule has 0 aliphatic rings. The van der Waals surface area contributed by atoms with Crippen molar-refractivity contribution < 1.29 is 15.0 Å². The van der Waals surface area contributed by atoms with E-state index in [1.54, 1.807) is 72.8 Å². The van der Waals surface area contributed by atoms with Crippen LogP contribution in [0.25, 0.3) is 0 Å². The average Bonchev–Trinajstić information content (AvgIpc) is 2.90. The van der Waals surface area contributed by atoms with E-state index in [1.807, 2.05) is 30.3 Å². The molecule has 0 fully saturated rings. The fourth-order valence-corrected chi connectivity index (χ4v) is 3.35. The number of hydrogen-bond donors (Lipinski definition) is 3. The smallest absolute Gasteiger partial charge is 0.281 e. The summed E-state index contributed by atoms with van der Waals surface area (Å²) in [5.74, 6) is -0.779. The third kappa shape index (κ3) is 5.06. The van der Waals surface area contributed by atoms with Crippen LogP contribution in [0.15, 0.2) is 125 Å². The van der Waals surface area contributed by atoms with Crippen molar-refractivity contribution in [3.05, 3.63) is 126 Å². The van der Waals surface area contributed by atoms with Crippen LogP contribution < -0.4 is 5.43 Å². The molecule has 0 aromatic heterocycles. The highest BCUT2D eigenvalue weighted by Crippen LogP contribution is 2.30. The van der Waals surface area contributed by atoms with Gasteiger partial charge in [0, 0.05) is 5.56 Å². The number of nitrogens with one attached hydrogen (secondary N) is 1. The minimum absolute atomic E-state index is 0.0435. The van der Waals surface area contributed by atoms with Crippen LogP contribution in [0.2, 0.25) is 0 Å². The van der Waals surface area contributed by atoms with E-state index in [0.29, 0.717) is 28.1 Å². The van der Waals surface area contributed by atoms with E-state index >= 15 is 0 Å². The van der Waals surface area contributed by atoms with Gasteiger partial charge in [-0.05, 0) is 41.5 Å². The summed E-state index contributed by atoms with van der Waals surface area (Å²) in [6, 6.07) is 31.2. The van der Waals surface area contributed by atoms with Gasteiger partial charge in [-0.3, -0.25) is 4.79 Å². The maximum atomic E-state index is 13.1. The average molecular weight is 450 g/mol. The molecule has 7 heteroatoms. The molecule has 4 aromatic rings. The number of aliphatic hydroxyl groups is 1. The molecule has 0 saturated heterocycles. The van der Waals surface area contributed by atoms with Crippen LogP contribution in [-0.2, 0) is 10.4 Å². The molecule has 34 heavy (non-hydrogen) atoms.